The maximum atomic E-state index is 9.93. The smallest absolute Gasteiger partial charge is 0.0900 e. The summed E-state index contributed by atoms with van der Waals surface area (Å²) in [4.78, 5) is 2.27. The Balaban J connectivity index is 2.17. The van der Waals surface area contributed by atoms with Crippen molar-refractivity contribution in [2.75, 3.05) is 40.0 Å². The van der Waals surface area contributed by atoms with Gasteiger partial charge in [0.05, 0.1) is 25.4 Å². The number of hydrogen-bond acceptors (Lipinski definition) is 5. The lowest BCUT2D eigenvalue weighted by atomic mass is 9.95. The van der Waals surface area contributed by atoms with E-state index in [1.165, 1.54) is 0 Å². The van der Waals surface area contributed by atoms with E-state index in [0.717, 1.165) is 19.5 Å². The van der Waals surface area contributed by atoms with Gasteiger partial charge in [-0.2, -0.15) is 0 Å². The first kappa shape index (κ1) is 15.9. The van der Waals surface area contributed by atoms with Crippen LogP contribution in [0.5, 0.6) is 0 Å². The number of β-amino-alcohol motifs (C(OH)–C–C–N with tert-alkyl or cyclic N) is 1. The van der Waals surface area contributed by atoms with Crippen molar-refractivity contribution in [2.24, 2.45) is 11.7 Å². The third-order valence-electron chi connectivity index (χ3n) is 3.50. The lowest BCUT2D eigenvalue weighted by Gasteiger charge is -2.36. The zero-order valence-electron chi connectivity index (χ0n) is 11.8. The fourth-order valence-corrected chi connectivity index (χ4v) is 2.32. The van der Waals surface area contributed by atoms with Crippen LogP contribution < -0.4 is 5.73 Å². The van der Waals surface area contributed by atoms with Gasteiger partial charge in [-0.15, -0.1) is 0 Å². The van der Waals surface area contributed by atoms with Gasteiger partial charge in [0, 0.05) is 26.2 Å². The van der Waals surface area contributed by atoms with Crippen molar-refractivity contribution in [1.29, 1.82) is 0 Å². The molecule has 0 aliphatic carbocycles. The van der Waals surface area contributed by atoms with Gasteiger partial charge >= 0.3 is 0 Å². The van der Waals surface area contributed by atoms with Crippen molar-refractivity contribution < 1.29 is 14.6 Å². The zero-order valence-corrected chi connectivity index (χ0v) is 11.8. The van der Waals surface area contributed by atoms with E-state index in [1.807, 2.05) is 6.92 Å². The third kappa shape index (κ3) is 5.63. The molecule has 108 valence electrons. The molecule has 4 unspecified atom stereocenters. The number of piperidine rings is 1. The number of ether oxygens (including phenoxy) is 2. The number of rotatable bonds is 7. The lowest BCUT2D eigenvalue weighted by Crippen LogP contribution is -2.48. The number of aliphatic hydroxyl groups is 1. The molecule has 4 atom stereocenters. The molecule has 0 spiro atoms. The molecule has 0 saturated carbocycles. The van der Waals surface area contributed by atoms with Crippen molar-refractivity contribution >= 4 is 0 Å². The normalized spacial score (nSPS) is 29.2. The Morgan fingerprint density at radius 2 is 2.17 bits per heavy atom. The molecule has 0 amide bonds. The van der Waals surface area contributed by atoms with E-state index in [4.69, 9.17) is 15.2 Å². The van der Waals surface area contributed by atoms with Gasteiger partial charge in [-0.25, -0.2) is 0 Å². The van der Waals surface area contributed by atoms with Crippen molar-refractivity contribution in [3.63, 3.8) is 0 Å². The number of methoxy groups -OCH3 is 1. The molecule has 0 bridgehead atoms. The molecule has 1 aliphatic heterocycles. The Morgan fingerprint density at radius 1 is 1.44 bits per heavy atom. The van der Waals surface area contributed by atoms with Gasteiger partial charge in [0.25, 0.3) is 0 Å². The monoisotopic (exact) mass is 260 g/mol. The SMILES string of the molecule is COCC(C)OCC(O)CN1CCC(N)C(C)C1. The van der Waals surface area contributed by atoms with Gasteiger partial charge in [0.2, 0.25) is 0 Å². The van der Waals surface area contributed by atoms with Crippen molar-refractivity contribution in [3.8, 4) is 0 Å². The number of likely N-dealkylation sites (tertiary alicyclic amines) is 1. The number of hydrogen-bond donors (Lipinski definition) is 2. The highest BCUT2D eigenvalue weighted by Crippen LogP contribution is 2.15. The van der Waals surface area contributed by atoms with Crippen molar-refractivity contribution in [3.05, 3.63) is 0 Å². The molecule has 1 heterocycles. The number of aliphatic hydroxyl groups excluding tert-OH is 1. The molecule has 0 aromatic carbocycles. The summed E-state index contributed by atoms with van der Waals surface area (Å²) >= 11 is 0. The second-order valence-electron chi connectivity index (χ2n) is 5.44. The van der Waals surface area contributed by atoms with E-state index in [-0.39, 0.29) is 6.10 Å². The first-order chi connectivity index (χ1) is 8.52. The van der Waals surface area contributed by atoms with Crippen LogP contribution in [-0.2, 0) is 9.47 Å². The Bertz CT molecular complexity index is 228. The van der Waals surface area contributed by atoms with Crippen LogP contribution in [0.1, 0.15) is 20.3 Å². The van der Waals surface area contributed by atoms with Crippen LogP contribution in [-0.4, -0.2) is 68.2 Å². The summed E-state index contributed by atoms with van der Waals surface area (Å²) in [7, 11) is 1.65. The van der Waals surface area contributed by atoms with Crippen LogP contribution in [0.15, 0.2) is 0 Å². The first-order valence-corrected chi connectivity index (χ1v) is 6.79. The molecule has 0 radical (unpaired) electrons. The lowest BCUT2D eigenvalue weighted by molar-refractivity contribution is -0.0425. The molecule has 1 fully saturated rings. The minimum atomic E-state index is -0.439. The van der Waals surface area contributed by atoms with E-state index in [9.17, 15) is 5.11 Å². The first-order valence-electron chi connectivity index (χ1n) is 6.79. The van der Waals surface area contributed by atoms with Gasteiger partial charge in [-0.1, -0.05) is 6.92 Å². The minimum absolute atomic E-state index is 0.0263. The molecule has 3 N–H and O–H groups in total. The van der Waals surface area contributed by atoms with Crippen LogP contribution >= 0.6 is 0 Å². The van der Waals surface area contributed by atoms with Crippen LogP contribution in [0.4, 0.5) is 0 Å². The Kier molecular flexibility index (Phi) is 7.11. The quantitative estimate of drug-likeness (QED) is 0.678. The zero-order chi connectivity index (χ0) is 13.5. The standard InChI is InChI=1S/C13H28N2O3/c1-10-6-15(5-4-13(10)14)7-12(16)9-18-11(2)8-17-3/h10-13,16H,4-9,14H2,1-3H3. The van der Waals surface area contributed by atoms with E-state index < -0.39 is 6.10 Å². The molecule has 5 nitrogen and oxygen atoms in total. The summed E-state index contributed by atoms with van der Waals surface area (Å²) in [6, 6.07) is 0.302. The van der Waals surface area contributed by atoms with Crippen LogP contribution in [0.25, 0.3) is 0 Å². The van der Waals surface area contributed by atoms with E-state index in [0.29, 0.717) is 31.7 Å². The molecule has 1 rings (SSSR count). The van der Waals surface area contributed by atoms with E-state index in [1.54, 1.807) is 7.11 Å². The summed E-state index contributed by atoms with van der Waals surface area (Å²) in [5.41, 5.74) is 5.98. The van der Waals surface area contributed by atoms with Gasteiger partial charge in [0.15, 0.2) is 0 Å². The van der Waals surface area contributed by atoms with Crippen molar-refractivity contribution in [2.45, 2.75) is 38.5 Å². The average molecular weight is 260 g/mol. The second kappa shape index (κ2) is 8.07. The molecular formula is C13H28N2O3. The predicted octanol–water partition coefficient (Wildman–Crippen LogP) is 0.0679. The highest BCUT2D eigenvalue weighted by atomic mass is 16.5. The van der Waals surface area contributed by atoms with Crippen LogP contribution in [0.2, 0.25) is 0 Å². The Morgan fingerprint density at radius 3 is 2.78 bits per heavy atom. The molecule has 1 saturated heterocycles. The molecule has 0 aromatic heterocycles. The second-order valence-corrected chi connectivity index (χ2v) is 5.44. The third-order valence-corrected chi connectivity index (χ3v) is 3.50. The summed E-state index contributed by atoms with van der Waals surface area (Å²) in [6.07, 6.45) is 0.596. The van der Waals surface area contributed by atoms with E-state index >= 15 is 0 Å². The predicted molar refractivity (Wildman–Crippen MR) is 71.5 cm³/mol. The molecule has 5 heteroatoms. The summed E-state index contributed by atoms with van der Waals surface area (Å²) < 4.78 is 10.5. The van der Waals surface area contributed by atoms with Gasteiger partial charge < -0.3 is 25.2 Å². The maximum Gasteiger partial charge on any atom is 0.0900 e. The largest absolute Gasteiger partial charge is 0.389 e. The molecule has 18 heavy (non-hydrogen) atoms. The van der Waals surface area contributed by atoms with Gasteiger partial charge in [-0.3, -0.25) is 0 Å². The topological polar surface area (TPSA) is 68.0 Å². The average Bonchev–Trinajstić information content (AvgIpc) is 2.32. The maximum absolute atomic E-state index is 9.93. The molecule has 0 aromatic rings. The van der Waals surface area contributed by atoms with Gasteiger partial charge in [0.1, 0.15) is 0 Å². The number of nitrogens with zero attached hydrogens (tertiary/aromatic N) is 1. The summed E-state index contributed by atoms with van der Waals surface area (Å²) in [5, 5.41) is 9.93. The minimum Gasteiger partial charge on any atom is -0.389 e. The number of nitrogens with two attached hydrogens (primary N) is 1. The fourth-order valence-electron chi connectivity index (χ4n) is 2.32. The highest BCUT2D eigenvalue weighted by molar-refractivity contribution is 4.81. The van der Waals surface area contributed by atoms with Crippen LogP contribution in [0.3, 0.4) is 0 Å². The van der Waals surface area contributed by atoms with Gasteiger partial charge in [-0.05, 0) is 25.8 Å². The Labute approximate surface area is 110 Å². The van der Waals surface area contributed by atoms with Crippen molar-refractivity contribution in [1.82, 2.24) is 4.90 Å². The molecule has 1 aliphatic rings. The summed E-state index contributed by atoms with van der Waals surface area (Å²) in [6.45, 7) is 7.63. The van der Waals surface area contributed by atoms with Crippen LogP contribution in [0, 0.1) is 5.92 Å². The molecular weight excluding hydrogens is 232 g/mol. The fraction of sp³-hybridized carbons (Fsp3) is 1.00. The highest BCUT2D eigenvalue weighted by Gasteiger charge is 2.24. The van der Waals surface area contributed by atoms with E-state index in [2.05, 4.69) is 11.8 Å². The summed E-state index contributed by atoms with van der Waals surface area (Å²) in [5.74, 6) is 0.499. The Hall–Kier alpha value is -0.200.